The Bertz CT molecular complexity index is 904. The van der Waals surface area contributed by atoms with Gasteiger partial charge in [0.1, 0.15) is 0 Å². The van der Waals surface area contributed by atoms with Crippen LogP contribution in [-0.2, 0) is 21.4 Å². The van der Waals surface area contributed by atoms with E-state index in [0.29, 0.717) is 15.1 Å². The zero-order chi connectivity index (χ0) is 19.3. The van der Waals surface area contributed by atoms with E-state index in [1.165, 1.54) is 17.0 Å². The first-order valence-corrected chi connectivity index (χ1v) is 10.2. The van der Waals surface area contributed by atoms with Gasteiger partial charge in [-0.1, -0.05) is 53.0 Å². The maximum absolute atomic E-state index is 12.2. The minimum absolute atomic E-state index is 0.00841. The molecule has 2 aromatic rings. The minimum atomic E-state index is -3.72. The molecule has 0 atom stereocenters. The molecule has 0 spiro atoms. The standard InChI is InChI=1S/C17H17Cl3N2O3S/c1-22(11-12-4-2-7-15(19)17(12)20)16(23)8-9-21-26(24,25)14-6-3-5-13(18)10-14/h2-7,10,21H,8-9,11H2,1H3. The van der Waals surface area contributed by atoms with E-state index in [2.05, 4.69) is 4.72 Å². The number of rotatable bonds is 7. The zero-order valence-electron chi connectivity index (χ0n) is 13.9. The maximum atomic E-state index is 12.2. The van der Waals surface area contributed by atoms with E-state index in [9.17, 15) is 13.2 Å². The number of amides is 1. The molecule has 2 aromatic carbocycles. The molecule has 5 nitrogen and oxygen atoms in total. The summed E-state index contributed by atoms with van der Waals surface area (Å²) in [5.41, 5.74) is 0.717. The van der Waals surface area contributed by atoms with Crippen molar-refractivity contribution in [2.75, 3.05) is 13.6 Å². The predicted molar refractivity (Wildman–Crippen MR) is 104 cm³/mol. The van der Waals surface area contributed by atoms with E-state index < -0.39 is 10.0 Å². The number of carbonyl (C=O) groups is 1. The fourth-order valence-corrected chi connectivity index (χ4v) is 3.93. The van der Waals surface area contributed by atoms with Crippen LogP contribution >= 0.6 is 34.8 Å². The Hall–Kier alpha value is -1.31. The third kappa shape index (κ3) is 5.59. The van der Waals surface area contributed by atoms with Crippen LogP contribution < -0.4 is 4.72 Å². The van der Waals surface area contributed by atoms with Crippen LogP contribution in [0.2, 0.25) is 15.1 Å². The molecule has 0 saturated carbocycles. The molecule has 0 aromatic heterocycles. The molecule has 140 valence electrons. The summed E-state index contributed by atoms with van der Waals surface area (Å²) >= 11 is 17.9. The van der Waals surface area contributed by atoms with Crippen molar-refractivity contribution in [2.24, 2.45) is 0 Å². The van der Waals surface area contributed by atoms with E-state index in [0.717, 1.165) is 5.56 Å². The Kier molecular flexibility index (Phi) is 7.32. The van der Waals surface area contributed by atoms with Crippen LogP contribution in [0.25, 0.3) is 0 Å². The third-order valence-electron chi connectivity index (χ3n) is 3.60. The molecule has 0 unspecified atom stereocenters. The fourth-order valence-electron chi connectivity index (χ4n) is 2.21. The van der Waals surface area contributed by atoms with E-state index in [-0.39, 0.29) is 30.3 Å². The Morgan fingerprint density at radius 1 is 1.12 bits per heavy atom. The first kappa shape index (κ1) is 21.0. The van der Waals surface area contributed by atoms with E-state index in [1.807, 2.05) is 0 Å². The second-order valence-corrected chi connectivity index (χ2v) is 8.56. The Morgan fingerprint density at radius 3 is 2.50 bits per heavy atom. The lowest BCUT2D eigenvalue weighted by atomic mass is 10.2. The molecule has 0 aliphatic heterocycles. The number of carbonyl (C=O) groups excluding carboxylic acids is 1. The molecule has 1 N–H and O–H groups in total. The van der Waals surface area contributed by atoms with Crippen LogP contribution in [0.4, 0.5) is 0 Å². The van der Waals surface area contributed by atoms with Crippen molar-refractivity contribution >= 4 is 50.7 Å². The lowest BCUT2D eigenvalue weighted by Gasteiger charge is -2.18. The highest BCUT2D eigenvalue weighted by Crippen LogP contribution is 2.26. The van der Waals surface area contributed by atoms with Gasteiger partial charge in [-0.05, 0) is 29.8 Å². The fraction of sp³-hybridized carbons (Fsp3) is 0.235. The summed E-state index contributed by atoms with van der Waals surface area (Å²) < 4.78 is 26.8. The molecule has 0 fully saturated rings. The molecule has 0 radical (unpaired) electrons. The van der Waals surface area contributed by atoms with Crippen LogP contribution in [0.1, 0.15) is 12.0 Å². The average Bonchev–Trinajstić information content (AvgIpc) is 2.58. The van der Waals surface area contributed by atoms with Gasteiger partial charge < -0.3 is 4.90 Å². The molecule has 0 heterocycles. The number of hydrogen-bond donors (Lipinski definition) is 1. The smallest absolute Gasteiger partial charge is 0.240 e. The second kappa shape index (κ2) is 9.06. The molecule has 26 heavy (non-hydrogen) atoms. The molecular weight excluding hydrogens is 419 g/mol. The number of hydrogen-bond acceptors (Lipinski definition) is 3. The second-order valence-electron chi connectivity index (χ2n) is 5.57. The van der Waals surface area contributed by atoms with Gasteiger partial charge in [0.15, 0.2) is 0 Å². The first-order valence-electron chi connectivity index (χ1n) is 7.63. The van der Waals surface area contributed by atoms with Crippen molar-refractivity contribution in [1.29, 1.82) is 0 Å². The molecule has 2 rings (SSSR count). The monoisotopic (exact) mass is 434 g/mol. The van der Waals surface area contributed by atoms with Gasteiger partial charge in [-0.15, -0.1) is 0 Å². The number of benzene rings is 2. The summed E-state index contributed by atoms with van der Waals surface area (Å²) in [6.45, 7) is 0.251. The molecule has 1 amide bonds. The molecule has 0 saturated heterocycles. The lowest BCUT2D eigenvalue weighted by Crippen LogP contribution is -2.32. The number of halogens is 3. The van der Waals surface area contributed by atoms with Gasteiger partial charge in [-0.2, -0.15) is 0 Å². The van der Waals surface area contributed by atoms with Crippen LogP contribution in [0.3, 0.4) is 0 Å². The van der Waals surface area contributed by atoms with Crippen molar-refractivity contribution < 1.29 is 13.2 Å². The topological polar surface area (TPSA) is 66.5 Å². The maximum Gasteiger partial charge on any atom is 0.240 e. The van der Waals surface area contributed by atoms with E-state index in [1.54, 1.807) is 37.4 Å². The Labute approximate surface area is 167 Å². The van der Waals surface area contributed by atoms with Crippen molar-refractivity contribution in [2.45, 2.75) is 17.9 Å². The van der Waals surface area contributed by atoms with Gasteiger partial charge in [0, 0.05) is 31.6 Å². The van der Waals surface area contributed by atoms with Gasteiger partial charge in [-0.3, -0.25) is 4.79 Å². The van der Waals surface area contributed by atoms with Gasteiger partial charge >= 0.3 is 0 Å². The highest BCUT2D eigenvalue weighted by atomic mass is 35.5. The van der Waals surface area contributed by atoms with E-state index >= 15 is 0 Å². The normalized spacial score (nSPS) is 11.4. The van der Waals surface area contributed by atoms with Crippen LogP contribution in [0.15, 0.2) is 47.4 Å². The average molecular weight is 436 g/mol. The summed E-state index contributed by atoms with van der Waals surface area (Å²) in [4.78, 5) is 13.7. The third-order valence-corrected chi connectivity index (χ3v) is 6.15. The van der Waals surface area contributed by atoms with Crippen molar-refractivity contribution in [3.05, 3.63) is 63.1 Å². The Morgan fingerprint density at radius 2 is 1.81 bits per heavy atom. The first-order chi connectivity index (χ1) is 12.2. The molecule has 0 bridgehead atoms. The highest BCUT2D eigenvalue weighted by molar-refractivity contribution is 7.89. The summed E-state index contributed by atoms with van der Waals surface area (Å²) in [6, 6.07) is 11.1. The van der Waals surface area contributed by atoms with Gasteiger partial charge in [0.05, 0.1) is 14.9 Å². The highest BCUT2D eigenvalue weighted by Gasteiger charge is 2.16. The number of nitrogens with one attached hydrogen (secondary N) is 1. The number of nitrogens with zero attached hydrogens (tertiary/aromatic N) is 1. The summed E-state index contributed by atoms with van der Waals surface area (Å²) in [6.07, 6.45) is 0.00841. The Balaban J connectivity index is 1.91. The number of sulfonamides is 1. The van der Waals surface area contributed by atoms with Crippen LogP contribution in [0, 0.1) is 0 Å². The van der Waals surface area contributed by atoms with Crippen LogP contribution in [-0.4, -0.2) is 32.8 Å². The lowest BCUT2D eigenvalue weighted by molar-refractivity contribution is -0.130. The van der Waals surface area contributed by atoms with Crippen molar-refractivity contribution in [3.8, 4) is 0 Å². The summed E-state index contributed by atoms with van der Waals surface area (Å²) in [5.74, 6) is -0.227. The SMILES string of the molecule is CN(Cc1cccc(Cl)c1Cl)C(=O)CCNS(=O)(=O)c1cccc(Cl)c1. The van der Waals surface area contributed by atoms with Crippen LogP contribution in [0.5, 0.6) is 0 Å². The quantitative estimate of drug-likeness (QED) is 0.715. The molecular formula is C17H17Cl3N2O3S. The molecule has 0 aliphatic carbocycles. The van der Waals surface area contributed by atoms with Gasteiger partial charge in [0.2, 0.25) is 15.9 Å². The molecule has 9 heteroatoms. The zero-order valence-corrected chi connectivity index (χ0v) is 17.0. The largest absolute Gasteiger partial charge is 0.341 e. The van der Waals surface area contributed by atoms with Crippen molar-refractivity contribution in [3.63, 3.8) is 0 Å². The predicted octanol–water partition coefficient (Wildman–Crippen LogP) is 3.97. The van der Waals surface area contributed by atoms with Gasteiger partial charge in [-0.25, -0.2) is 13.1 Å². The minimum Gasteiger partial charge on any atom is -0.341 e. The molecule has 0 aliphatic rings. The summed E-state index contributed by atoms with van der Waals surface area (Å²) in [5, 5.41) is 1.14. The van der Waals surface area contributed by atoms with Gasteiger partial charge in [0.25, 0.3) is 0 Å². The summed E-state index contributed by atoms with van der Waals surface area (Å²) in [7, 11) is -2.10. The van der Waals surface area contributed by atoms with E-state index in [4.69, 9.17) is 34.8 Å². The van der Waals surface area contributed by atoms with Crippen molar-refractivity contribution in [1.82, 2.24) is 9.62 Å².